The van der Waals surface area contributed by atoms with Crippen LogP contribution in [0.3, 0.4) is 0 Å². The van der Waals surface area contributed by atoms with Crippen molar-refractivity contribution in [2.45, 2.75) is 6.61 Å². The molecule has 26 heavy (non-hydrogen) atoms. The lowest BCUT2D eigenvalue weighted by atomic mass is 10.2. The zero-order chi connectivity index (χ0) is 18.4. The van der Waals surface area contributed by atoms with E-state index < -0.39 is 10.0 Å². The molecule has 0 aliphatic heterocycles. The average molecular weight is 369 g/mol. The molecule has 1 N–H and O–H groups in total. The lowest BCUT2D eigenvalue weighted by Gasteiger charge is -2.12. The third kappa shape index (κ3) is 5.26. The highest BCUT2D eigenvalue weighted by Gasteiger charge is 2.09. The van der Waals surface area contributed by atoms with Crippen molar-refractivity contribution in [1.29, 1.82) is 0 Å². The van der Waals surface area contributed by atoms with E-state index >= 15 is 0 Å². The van der Waals surface area contributed by atoms with Crippen LogP contribution in [0, 0.1) is 0 Å². The molecule has 0 saturated carbocycles. The molecular formula is C20H19NO4S. The molecule has 0 aliphatic carbocycles. The quantitative estimate of drug-likeness (QED) is 0.669. The summed E-state index contributed by atoms with van der Waals surface area (Å²) in [6.45, 7) is 0.488. The molecule has 0 radical (unpaired) electrons. The van der Waals surface area contributed by atoms with Gasteiger partial charge in [0.25, 0.3) is 0 Å². The molecule has 0 saturated heterocycles. The molecule has 0 bridgehead atoms. The van der Waals surface area contributed by atoms with Crippen molar-refractivity contribution in [3.05, 3.63) is 84.4 Å². The molecule has 0 aromatic heterocycles. The van der Waals surface area contributed by atoms with Gasteiger partial charge in [-0.2, -0.15) is 0 Å². The Balaban J connectivity index is 1.66. The monoisotopic (exact) mass is 369 g/mol. The summed E-state index contributed by atoms with van der Waals surface area (Å²) in [5, 5.41) is 0. The van der Waals surface area contributed by atoms with Gasteiger partial charge in [-0.3, -0.25) is 4.72 Å². The number of para-hydroxylation sites is 2. The molecule has 3 aromatic rings. The summed E-state index contributed by atoms with van der Waals surface area (Å²) >= 11 is 0. The second-order valence-corrected chi connectivity index (χ2v) is 7.47. The van der Waals surface area contributed by atoms with E-state index in [9.17, 15) is 8.42 Å². The lowest BCUT2D eigenvalue weighted by Crippen LogP contribution is -2.10. The molecule has 5 nitrogen and oxygen atoms in total. The maximum atomic E-state index is 11.5. The van der Waals surface area contributed by atoms with Crippen LogP contribution in [0.2, 0.25) is 0 Å². The predicted octanol–water partition coefficient (Wildman–Crippen LogP) is 4.43. The highest BCUT2D eigenvalue weighted by molar-refractivity contribution is 7.92. The number of ether oxygens (including phenoxy) is 2. The Morgan fingerprint density at radius 2 is 1.42 bits per heavy atom. The van der Waals surface area contributed by atoms with Gasteiger partial charge in [0.15, 0.2) is 5.75 Å². The van der Waals surface area contributed by atoms with Crippen molar-refractivity contribution in [1.82, 2.24) is 0 Å². The molecule has 0 amide bonds. The fourth-order valence-corrected chi connectivity index (χ4v) is 2.88. The molecule has 0 atom stereocenters. The van der Waals surface area contributed by atoms with E-state index in [0.717, 1.165) is 17.6 Å². The number of hydrogen-bond acceptors (Lipinski definition) is 4. The van der Waals surface area contributed by atoms with E-state index in [0.29, 0.717) is 23.8 Å². The van der Waals surface area contributed by atoms with Crippen LogP contribution in [0.1, 0.15) is 5.56 Å². The predicted molar refractivity (Wildman–Crippen MR) is 102 cm³/mol. The summed E-state index contributed by atoms with van der Waals surface area (Å²) in [5.41, 5.74) is 1.48. The van der Waals surface area contributed by atoms with E-state index in [1.807, 2.05) is 42.5 Å². The molecule has 0 heterocycles. The third-order valence-corrected chi connectivity index (χ3v) is 4.07. The van der Waals surface area contributed by atoms with Crippen LogP contribution < -0.4 is 14.2 Å². The molecule has 134 valence electrons. The largest absolute Gasteiger partial charge is 0.489 e. The van der Waals surface area contributed by atoms with Crippen LogP contribution in [0.15, 0.2) is 78.9 Å². The van der Waals surface area contributed by atoms with E-state index in [-0.39, 0.29) is 0 Å². The summed E-state index contributed by atoms with van der Waals surface area (Å²) in [7, 11) is -3.38. The van der Waals surface area contributed by atoms with Crippen LogP contribution in [0.25, 0.3) is 0 Å². The van der Waals surface area contributed by atoms with Gasteiger partial charge in [0.05, 0.1) is 11.9 Å². The molecule has 0 spiro atoms. The summed E-state index contributed by atoms with van der Waals surface area (Å²) < 4.78 is 36.9. The van der Waals surface area contributed by atoms with Gasteiger partial charge in [0.2, 0.25) is 10.0 Å². The van der Waals surface area contributed by atoms with Crippen LogP contribution in [0.4, 0.5) is 5.69 Å². The van der Waals surface area contributed by atoms with Gasteiger partial charge in [-0.1, -0.05) is 42.5 Å². The van der Waals surface area contributed by atoms with E-state index in [2.05, 4.69) is 4.72 Å². The third-order valence-electron chi connectivity index (χ3n) is 3.48. The number of benzene rings is 3. The summed E-state index contributed by atoms with van der Waals surface area (Å²) in [4.78, 5) is 0. The zero-order valence-electron chi connectivity index (χ0n) is 14.3. The van der Waals surface area contributed by atoms with Crippen molar-refractivity contribution in [2.75, 3.05) is 11.0 Å². The Hall–Kier alpha value is -2.99. The van der Waals surface area contributed by atoms with Gasteiger partial charge in [0, 0.05) is 0 Å². The van der Waals surface area contributed by atoms with Crippen molar-refractivity contribution >= 4 is 15.7 Å². The minimum atomic E-state index is -3.38. The first kappa shape index (κ1) is 17.8. The summed E-state index contributed by atoms with van der Waals surface area (Å²) in [6, 6.07) is 23.9. The Morgan fingerprint density at radius 1 is 0.808 bits per heavy atom. The maximum Gasteiger partial charge on any atom is 0.229 e. The van der Waals surface area contributed by atoms with Crippen LogP contribution >= 0.6 is 0 Å². The van der Waals surface area contributed by atoms with Gasteiger partial charge in [-0.05, 0) is 42.0 Å². The van der Waals surface area contributed by atoms with Crippen LogP contribution in [-0.2, 0) is 16.6 Å². The number of rotatable bonds is 7. The summed E-state index contributed by atoms with van der Waals surface area (Å²) in [6.07, 6.45) is 1.10. The molecule has 0 fully saturated rings. The molecule has 0 aliphatic rings. The second kappa shape index (κ2) is 7.93. The standard InChI is InChI=1S/C20H19NO4S/c1-26(22,23)21-19-9-5-6-10-20(19)25-18-13-11-17(12-14-18)24-15-16-7-3-2-4-8-16/h2-14,21H,15H2,1H3. The lowest BCUT2D eigenvalue weighted by molar-refractivity contribution is 0.306. The highest BCUT2D eigenvalue weighted by Crippen LogP contribution is 2.30. The average Bonchev–Trinajstić information content (AvgIpc) is 2.62. The molecule has 3 aromatic carbocycles. The minimum absolute atomic E-state index is 0.388. The number of anilines is 1. The smallest absolute Gasteiger partial charge is 0.229 e. The molecular weight excluding hydrogens is 350 g/mol. The van der Waals surface area contributed by atoms with Crippen LogP contribution in [-0.4, -0.2) is 14.7 Å². The first-order chi connectivity index (χ1) is 12.5. The minimum Gasteiger partial charge on any atom is -0.489 e. The van der Waals surface area contributed by atoms with E-state index in [1.165, 1.54) is 0 Å². The van der Waals surface area contributed by atoms with Crippen molar-refractivity contribution in [3.63, 3.8) is 0 Å². The Morgan fingerprint density at radius 3 is 2.12 bits per heavy atom. The van der Waals surface area contributed by atoms with Crippen molar-refractivity contribution in [3.8, 4) is 17.2 Å². The highest BCUT2D eigenvalue weighted by atomic mass is 32.2. The van der Waals surface area contributed by atoms with Crippen LogP contribution in [0.5, 0.6) is 17.2 Å². The molecule has 3 rings (SSSR count). The Bertz CT molecular complexity index is 955. The molecule has 6 heteroatoms. The van der Waals surface area contributed by atoms with Gasteiger partial charge >= 0.3 is 0 Å². The fourth-order valence-electron chi connectivity index (χ4n) is 2.31. The second-order valence-electron chi connectivity index (χ2n) is 5.72. The van der Waals surface area contributed by atoms with E-state index in [1.54, 1.807) is 36.4 Å². The van der Waals surface area contributed by atoms with E-state index in [4.69, 9.17) is 9.47 Å². The Kier molecular flexibility index (Phi) is 5.43. The molecule has 0 unspecified atom stereocenters. The van der Waals surface area contributed by atoms with Gasteiger partial charge in [-0.15, -0.1) is 0 Å². The zero-order valence-corrected chi connectivity index (χ0v) is 15.1. The van der Waals surface area contributed by atoms with Gasteiger partial charge < -0.3 is 9.47 Å². The topological polar surface area (TPSA) is 64.6 Å². The fraction of sp³-hybridized carbons (Fsp3) is 0.100. The van der Waals surface area contributed by atoms with Gasteiger partial charge in [-0.25, -0.2) is 8.42 Å². The number of sulfonamides is 1. The summed E-state index contributed by atoms with van der Waals surface area (Å²) in [5.74, 6) is 1.74. The first-order valence-electron chi connectivity index (χ1n) is 8.01. The normalized spacial score (nSPS) is 11.0. The van der Waals surface area contributed by atoms with Gasteiger partial charge in [0.1, 0.15) is 18.1 Å². The Labute approximate surface area is 153 Å². The maximum absolute atomic E-state index is 11.5. The van der Waals surface area contributed by atoms with Crippen molar-refractivity contribution in [2.24, 2.45) is 0 Å². The first-order valence-corrected chi connectivity index (χ1v) is 9.90. The number of nitrogens with one attached hydrogen (secondary N) is 1. The van der Waals surface area contributed by atoms with Crippen molar-refractivity contribution < 1.29 is 17.9 Å². The number of hydrogen-bond donors (Lipinski definition) is 1. The SMILES string of the molecule is CS(=O)(=O)Nc1ccccc1Oc1ccc(OCc2ccccc2)cc1.